The normalized spacial score (nSPS) is 16.4. The number of rotatable bonds is 4. The zero-order valence-electron chi connectivity index (χ0n) is 15.4. The molecule has 0 spiro atoms. The van der Waals surface area contributed by atoms with E-state index in [-0.39, 0.29) is 0 Å². The lowest BCUT2D eigenvalue weighted by Gasteiger charge is -2.32. The Kier molecular flexibility index (Phi) is 4.87. The van der Waals surface area contributed by atoms with E-state index in [1.165, 1.54) is 24.8 Å². The fraction of sp³-hybridized carbons (Fsp3) is 0.450. The topological polar surface area (TPSA) is 38.4 Å². The fourth-order valence-electron chi connectivity index (χ4n) is 3.95. The molecule has 3 aromatic rings. The van der Waals surface area contributed by atoms with Gasteiger partial charge >= 0.3 is 0 Å². The molecule has 1 fully saturated rings. The summed E-state index contributed by atoms with van der Waals surface area (Å²) in [7, 11) is 0. The Labute approximate surface area is 159 Å². The van der Waals surface area contributed by atoms with Gasteiger partial charge in [0.2, 0.25) is 4.77 Å². The van der Waals surface area contributed by atoms with Gasteiger partial charge in [0.15, 0.2) is 0 Å². The van der Waals surface area contributed by atoms with Crippen molar-refractivity contribution in [3.8, 4) is 0 Å². The van der Waals surface area contributed by atoms with E-state index >= 15 is 0 Å². The second-order valence-corrected chi connectivity index (χ2v) is 7.70. The summed E-state index contributed by atoms with van der Waals surface area (Å²) < 4.78 is 4.73. The van der Waals surface area contributed by atoms with Gasteiger partial charge in [-0.15, -0.1) is 0 Å². The van der Waals surface area contributed by atoms with Gasteiger partial charge in [0.25, 0.3) is 5.78 Å². The van der Waals surface area contributed by atoms with Crippen molar-refractivity contribution in [2.24, 2.45) is 5.92 Å². The molecule has 0 amide bonds. The van der Waals surface area contributed by atoms with E-state index in [0.717, 1.165) is 37.1 Å². The standard InChI is InChI=1S/C20H25N5S/c1-15-12-16(2)25-19(21-15)22-20(26)24(25)14-23-10-8-18(9-11-23)13-17-6-4-3-5-7-17/h3-7,12,18H,8-11,13-14H2,1-2H3. The molecule has 1 aromatic carbocycles. The van der Waals surface area contributed by atoms with E-state index < -0.39 is 0 Å². The highest BCUT2D eigenvalue weighted by molar-refractivity contribution is 7.71. The highest BCUT2D eigenvalue weighted by Gasteiger charge is 2.21. The number of hydrogen-bond donors (Lipinski definition) is 0. The number of hydrogen-bond acceptors (Lipinski definition) is 4. The van der Waals surface area contributed by atoms with Gasteiger partial charge in [0.1, 0.15) is 0 Å². The molecule has 26 heavy (non-hydrogen) atoms. The van der Waals surface area contributed by atoms with Crippen molar-refractivity contribution in [1.82, 2.24) is 24.1 Å². The van der Waals surface area contributed by atoms with Gasteiger partial charge in [-0.1, -0.05) is 30.3 Å². The van der Waals surface area contributed by atoms with Crippen molar-refractivity contribution in [3.05, 3.63) is 58.1 Å². The summed E-state index contributed by atoms with van der Waals surface area (Å²) in [5, 5.41) is 0. The molecule has 0 N–H and O–H groups in total. The first-order valence-corrected chi connectivity index (χ1v) is 9.71. The van der Waals surface area contributed by atoms with Crippen LogP contribution in [0.5, 0.6) is 0 Å². The van der Waals surface area contributed by atoms with E-state index in [0.29, 0.717) is 10.5 Å². The van der Waals surface area contributed by atoms with Crippen LogP contribution in [0.2, 0.25) is 0 Å². The van der Waals surface area contributed by atoms with Crippen LogP contribution in [-0.4, -0.2) is 37.2 Å². The third kappa shape index (κ3) is 3.57. The highest BCUT2D eigenvalue weighted by Crippen LogP contribution is 2.22. The molecule has 0 unspecified atom stereocenters. The Morgan fingerprint density at radius 1 is 1.08 bits per heavy atom. The van der Waals surface area contributed by atoms with Gasteiger partial charge in [0.05, 0.1) is 6.67 Å². The van der Waals surface area contributed by atoms with Gasteiger partial charge in [-0.25, -0.2) is 14.2 Å². The average molecular weight is 368 g/mol. The zero-order chi connectivity index (χ0) is 18.1. The summed E-state index contributed by atoms with van der Waals surface area (Å²) in [6.07, 6.45) is 3.65. The van der Waals surface area contributed by atoms with Crippen LogP contribution in [0.3, 0.4) is 0 Å². The summed E-state index contributed by atoms with van der Waals surface area (Å²) in [5.41, 5.74) is 3.55. The van der Waals surface area contributed by atoms with Gasteiger partial charge in [0, 0.05) is 24.5 Å². The molecule has 4 rings (SSSR count). The first-order valence-electron chi connectivity index (χ1n) is 9.30. The molecule has 0 bridgehead atoms. The van der Waals surface area contributed by atoms with E-state index in [1.54, 1.807) is 0 Å². The van der Waals surface area contributed by atoms with Gasteiger partial charge in [-0.3, -0.25) is 4.90 Å². The molecule has 136 valence electrons. The molecule has 1 aliphatic rings. The second-order valence-electron chi connectivity index (χ2n) is 7.34. The van der Waals surface area contributed by atoms with Gasteiger partial charge in [-0.05, 0) is 62.9 Å². The zero-order valence-corrected chi connectivity index (χ0v) is 16.2. The lowest BCUT2D eigenvalue weighted by molar-refractivity contribution is 0.137. The highest BCUT2D eigenvalue weighted by atomic mass is 32.1. The predicted molar refractivity (Wildman–Crippen MR) is 106 cm³/mol. The third-order valence-corrected chi connectivity index (χ3v) is 5.59. The van der Waals surface area contributed by atoms with Crippen molar-refractivity contribution in [1.29, 1.82) is 0 Å². The molecule has 6 heteroatoms. The van der Waals surface area contributed by atoms with Crippen LogP contribution >= 0.6 is 12.2 Å². The Morgan fingerprint density at radius 2 is 1.81 bits per heavy atom. The first-order chi connectivity index (χ1) is 12.6. The molecule has 0 saturated carbocycles. The number of piperidine rings is 1. The fourth-order valence-corrected chi connectivity index (χ4v) is 4.17. The number of fused-ring (bicyclic) bond motifs is 1. The Morgan fingerprint density at radius 3 is 2.54 bits per heavy atom. The largest absolute Gasteiger partial charge is 0.284 e. The minimum Gasteiger partial charge on any atom is -0.284 e. The maximum Gasteiger partial charge on any atom is 0.252 e. The summed E-state index contributed by atoms with van der Waals surface area (Å²) >= 11 is 5.50. The van der Waals surface area contributed by atoms with E-state index in [2.05, 4.69) is 62.9 Å². The van der Waals surface area contributed by atoms with Crippen LogP contribution in [0.15, 0.2) is 36.4 Å². The molecule has 0 radical (unpaired) electrons. The molecular weight excluding hydrogens is 342 g/mol. The minimum absolute atomic E-state index is 0.609. The van der Waals surface area contributed by atoms with Crippen LogP contribution in [0.25, 0.3) is 5.78 Å². The number of likely N-dealkylation sites (tertiary alicyclic amines) is 1. The lowest BCUT2D eigenvalue weighted by atomic mass is 9.90. The second kappa shape index (κ2) is 7.29. The van der Waals surface area contributed by atoms with Gasteiger partial charge in [-0.2, -0.15) is 4.98 Å². The van der Waals surface area contributed by atoms with Crippen molar-refractivity contribution in [2.75, 3.05) is 13.1 Å². The molecule has 1 saturated heterocycles. The number of aryl methyl sites for hydroxylation is 2. The summed E-state index contributed by atoms with van der Waals surface area (Å²) in [6.45, 7) is 7.06. The van der Waals surface area contributed by atoms with Crippen molar-refractivity contribution >= 4 is 18.0 Å². The van der Waals surface area contributed by atoms with E-state index in [9.17, 15) is 0 Å². The maximum absolute atomic E-state index is 5.50. The monoisotopic (exact) mass is 367 g/mol. The number of aromatic nitrogens is 4. The number of benzene rings is 1. The molecule has 1 aliphatic heterocycles. The third-order valence-electron chi connectivity index (χ3n) is 5.28. The van der Waals surface area contributed by atoms with Crippen LogP contribution in [0.1, 0.15) is 29.8 Å². The molecule has 0 atom stereocenters. The first kappa shape index (κ1) is 17.4. The average Bonchev–Trinajstić information content (AvgIpc) is 2.93. The smallest absolute Gasteiger partial charge is 0.252 e. The number of nitrogens with zero attached hydrogens (tertiary/aromatic N) is 5. The maximum atomic E-state index is 5.50. The van der Waals surface area contributed by atoms with Crippen LogP contribution < -0.4 is 0 Å². The van der Waals surface area contributed by atoms with Crippen molar-refractivity contribution in [2.45, 2.75) is 39.8 Å². The summed E-state index contributed by atoms with van der Waals surface area (Å²) in [4.78, 5) is 11.5. The lowest BCUT2D eigenvalue weighted by Crippen LogP contribution is -2.36. The van der Waals surface area contributed by atoms with Crippen LogP contribution in [0.4, 0.5) is 0 Å². The van der Waals surface area contributed by atoms with Crippen molar-refractivity contribution < 1.29 is 0 Å². The SMILES string of the molecule is Cc1cc(C)n2c(n1)nc(=S)n2CN1CCC(Cc2ccccc2)CC1. The predicted octanol–water partition coefficient (Wildman–Crippen LogP) is 3.79. The summed E-state index contributed by atoms with van der Waals surface area (Å²) in [6, 6.07) is 12.9. The molecule has 5 nitrogen and oxygen atoms in total. The Hall–Kier alpha value is -2.05. The molecular formula is C20H25N5S. The van der Waals surface area contributed by atoms with E-state index in [4.69, 9.17) is 12.2 Å². The van der Waals surface area contributed by atoms with Crippen molar-refractivity contribution in [3.63, 3.8) is 0 Å². The Bertz CT molecular complexity index is 951. The molecule has 3 heterocycles. The van der Waals surface area contributed by atoms with Crippen LogP contribution in [0, 0.1) is 24.5 Å². The summed E-state index contributed by atoms with van der Waals surface area (Å²) in [5.74, 6) is 1.47. The quantitative estimate of drug-likeness (QED) is 0.658. The Balaban J connectivity index is 1.44. The molecule has 0 aliphatic carbocycles. The minimum atomic E-state index is 0.609. The molecule has 2 aromatic heterocycles. The van der Waals surface area contributed by atoms with Crippen LogP contribution in [-0.2, 0) is 13.1 Å². The van der Waals surface area contributed by atoms with E-state index in [1.807, 2.05) is 11.4 Å². The van der Waals surface area contributed by atoms with Gasteiger partial charge < -0.3 is 0 Å².